The van der Waals surface area contributed by atoms with E-state index >= 15 is 0 Å². The molecule has 4 heteroatoms. The Morgan fingerprint density at radius 1 is 1.75 bits per heavy atom. The highest BCUT2D eigenvalue weighted by atomic mass is 16.7. The van der Waals surface area contributed by atoms with Crippen LogP contribution in [-0.2, 0) is 14.3 Å². The van der Waals surface area contributed by atoms with Gasteiger partial charge in [0.2, 0.25) is 0 Å². The molecule has 0 aromatic carbocycles. The summed E-state index contributed by atoms with van der Waals surface area (Å²) in [4.78, 5) is 10.8. The van der Waals surface area contributed by atoms with Crippen molar-refractivity contribution in [3.63, 3.8) is 0 Å². The molecule has 0 saturated carbocycles. The Balaban J connectivity index is 2.35. The number of aliphatic hydroxyl groups excluding tert-OH is 1. The standard InChI is InChI=1S/C8H10O4/c1-5(2)7(10)12-8-6(11-8)3-4-9/h9H,1,3-4H2,2H3. The van der Waals surface area contributed by atoms with E-state index in [1.165, 1.54) is 0 Å². The molecule has 0 radical (unpaired) electrons. The maximum Gasteiger partial charge on any atom is 0.340 e. The molecule has 0 saturated heterocycles. The molecule has 0 amide bonds. The highest BCUT2D eigenvalue weighted by molar-refractivity contribution is 5.87. The first kappa shape index (κ1) is 8.80. The SMILES string of the molecule is C=C(C)C(=O)OC1=C(CCO)O1. The third-order valence-electron chi connectivity index (χ3n) is 1.27. The number of aliphatic hydroxyl groups is 1. The monoisotopic (exact) mass is 170 g/mol. The first-order valence-corrected chi connectivity index (χ1v) is 3.54. The number of carbonyl (C=O) groups excluding carboxylic acids is 1. The molecule has 0 bridgehead atoms. The molecule has 1 heterocycles. The smallest absolute Gasteiger partial charge is 0.340 e. The van der Waals surface area contributed by atoms with Crippen molar-refractivity contribution in [1.29, 1.82) is 0 Å². The molecule has 66 valence electrons. The topological polar surface area (TPSA) is 59.1 Å². The molecule has 0 atom stereocenters. The number of carbonyl (C=O) groups is 1. The van der Waals surface area contributed by atoms with Gasteiger partial charge < -0.3 is 14.6 Å². The summed E-state index contributed by atoms with van der Waals surface area (Å²) >= 11 is 0. The van der Waals surface area contributed by atoms with E-state index in [1.807, 2.05) is 0 Å². The summed E-state index contributed by atoms with van der Waals surface area (Å²) in [6, 6.07) is 0. The average molecular weight is 170 g/mol. The lowest BCUT2D eigenvalue weighted by atomic mass is 10.4. The van der Waals surface area contributed by atoms with Crippen LogP contribution in [0.5, 0.6) is 0 Å². The van der Waals surface area contributed by atoms with E-state index in [-0.39, 0.29) is 12.6 Å². The summed E-state index contributed by atoms with van der Waals surface area (Å²) in [6.45, 7) is 4.95. The van der Waals surface area contributed by atoms with E-state index in [4.69, 9.17) is 14.6 Å². The van der Waals surface area contributed by atoms with Gasteiger partial charge in [0.15, 0.2) is 5.76 Å². The Morgan fingerprint density at radius 3 is 2.92 bits per heavy atom. The van der Waals surface area contributed by atoms with E-state index in [1.54, 1.807) is 6.92 Å². The van der Waals surface area contributed by atoms with Crippen LogP contribution < -0.4 is 0 Å². The van der Waals surface area contributed by atoms with Gasteiger partial charge in [-0.1, -0.05) is 6.58 Å². The van der Waals surface area contributed by atoms with E-state index in [2.05, 4.69) is 6.58 Å². The molecule has 0 aliphatic carbocycles. The zero-order valence-electron chi connectivity index (χ0n) is 6.79. The number of rotatable bonds is 4. The zero-order valence-corrected chi connectivity index (χ0v) is 6.79. The Bertz CT molecular complexity index is 252. The fourth-order valence-corrected chi connectivity index (χ4v) is 0.590. The Morgan fingerprint density at radius 2 is 2.42 bits per heavy atom. The lowest BCUT2D eigenvalue weighted by Crippen LogP contribution is -2.00. The van der Waals surface area contributed by atoms with Crippen LogP contribution in [0.25, 0.3) is 0 Å². The largest absolute Gasteiger partial charge is 0.420 e. The number of esters is 1. The summed E-state index contributed by atoms with van der Waals surface area (Å²) in [6.07, 6.45) is 0.388. The first-order valence-electron chi connectivity index (χ1n) is 3.54. The second-order valence-electron chi connectivity index (χ2n) is 2.46. The maximum absolute atomic E-state index is 10.8. The molecule has 0 aromatic rings. The van der Waals surface area contributed by atoms with Gasteiger partial charge in [-0.25, -0.2) is 4.79 Å². The lowest BCUT2D eigenvalue weighted by Gasteiger charge is -1.92. The van der Waals surface area contributed by atoms with Crippen LogP contribution >= 0.6 is 0 Å². The van der Waals surface area contributed by atoms with Crippen LogP contribution in [0.15, 0.2) is 23.9 Å². The normalized spacial score (nSPS) is 13.8. The highest BCUT2D eigenvalue weighted by Gasteiger charge is 2.29. The third kappa shape index (κ3) is 2.10. The van der Waals surface area contributed by atoms with Crippen molar-refractivity contribution >= 4 is 5.97 Å². The lowest BCUT2D eigenvalue weighted by molar-refractivity contribution is -0.136. The summed E-state index contributed by atoms with van der Waals surface area (Å²) in [5.74, 6) is 0.238. The van der Waals surface area contributed by atoms with Crippen molar-refractivity contribution in [2.75, 3.05) is 6.61 Å². The van der Waals surface area contributed by atoms with Gasteiger partial charge in [-0.15, -0.1) is 0 Å². The Kier molecular flexibility index (Phi) is 2.50. The van der Waals surface area contributed by atoms with Crippen molar-refractivity contribution in [2.45, 2.75) is 13.3 Å². The fraction of sp³-hybridized carbons (Fsp3) is 0.375. The molecule has 1 N–H and O–H groups in total. The van der Waals surface area contributed by atoms with E-state index in [9.17, 15) is 4.79 Å². The number of hydrogen-bond donors (Lipinski definition) is 1. The molecule has 0 aromatic heterocycles. The fourth-order valence-electron chi connectivity index (χ4n) is 0.590. The summed E-state index contributed by atoms with van der Waals surface area (Å²) in [5.41, 5.74) is 0.321. The maximum atomic E-state index is 10.8. The van der Waals surface area contributed by atoms with Gasteiger partial charge in [0.1, 0.15) is 0 Å². The first-order chi connectivity index (χ1) is 5.65. The van der Waals surface area contributed by atoms with Gasteiger partial charge in [-0.2, -0.15) is 0 Å². The van der Waals surface area contributed by atoms with Crippen LogP contribution in [0.4, 0.5) is 0 Å². The summed E-state index contributed by atoms with van der Waals surface area (Å²) in [7, 11) is 0. The molecule has 12 heavy (non-hydrogen) atoms. The molecule has 1 aliphatic heterocycles. The van der Waals surface area contributed by atoms with Gasteiger partial charge in [0.05, 0.1) is 6.61 Å². The minimum absolute atomic E-state index is 0.0105. The molecule has 0 fully saturated rings. The van der Waals surface area contributed by atoms with E-state index < -0.39 is 5.97 Å². The van der Waals surface area contributed by atoms with Gasteiger partial charge in [0, 0.05) is 12.0 Å². The minimum Gasteiger partial charge on any atom is -0.420 e. The zero-order chi connectivity index (χ0) is 9.14. The van der Waals surface area contributed by atoms with E-state index in [0.717, 1.165) is 0 Å². The second-order valence-corrected chi connectivity index (χ2v) is 2.46. The Labute approximate surface area is 70.1 Å². The number of ether oxygens (including phenoxy) is 2. The molecule has 1 rings (SSSR count). The van der Waals surface area contributed by atoms with E-state index in [0.29, 0.717) is 17.8 Å². The van der Waals surface area contributed by atoms with Crippen molar-refractivity contribution < 1.29 is 19.4 Å². The van der Waals surface area contributed by atoms with Crippen LogP contribution in [0.2, 0.25) is 0 Å². The predicted octanol–water partition coefficient (Wildman–Crippen LogP) is 0.687. The van der Waals surface area contributed by atoms with Gasteiger partial charge >= 0.3 is 11.9 Å². The van der Waals surface area contributed by atoms with Crippen molar-refractivity contribution in [2.24, 2.45) is 0 Å². The van der Waals surface area contributed by atoms with Gasteiger partial charge in [-0.05, 0) is 6.92 Å². The molecule has 0 spiro atoms. The quantitative estimate of drug-likeness (QED) is 0.498. The molecule has 4 nitrogen and oxygen atoms in total. The van der Waals surface area contributed by atoms with Gasteiger partial charge in [0.25, 0.3) is 0 Å². The molecular formula is C8H10O4. The molecule has 1 aliphatic rings. The predicted molar refractivity (Wildman–Crippen MR) is 40.7 cm³/mol. The van der Waals surface area contributed by atoms with Gasteiger partial charge in [-0.3, -0.25) is 0 Å². The highest BCUT2D eigenvalue weighted by Crippen LogP contribution is 2.30. The Hall–Kier alpha value is -1.29. The van der Waals surface area contributed by atoms with Crippen LogP contribution in [0, 0.1) is 0 Å². The summed E-state index contributed by atoms with van der Waals surface area (Å²) in [5, 5.41) is 8.47. The number of hydrogen-bond acceptors (Lipinski definition) is 4. The van der Waals surface area contributed by atoms with Crippen molar-refractivity contribution in [1.82, 2.24) is 0 Å². The van der Waals surface area contributed by atoms with Crippen molar-refractivity contribution in [3.8, 4) is 0 Å². The van der Waals surface area contributed by atoms with Crippen molar-refractivity contribution in [3.05, 3.63) is 23.9 Å². The minimum atomic E-state index is -0.502. The second kappa shape index (κ2) is 3.40. The van der Waals surface area contributed by atoms with Crippen LogP contribution in [-0.4, -0.2) is 17.7 Å². The average Bonchev–Trinajstić information content (AvgIpc) is 2.68. The molecular weight excluding hydrogens is 160 g/mol. The summed E-state index contributed by atoms with van der Waals surface area (Å²) < 4.78 is 9.46. The third-order valence-corrected chi connectivity index (χ3v) is 1.27. The van der Waals surface area contributed by atoms with Crippen LogP contribution in [0.1, 0.15) is 13.3 Å². The van der Waals surface area contributed by atoms with Crippen LogP contribution in [0.3, 0.4) is 0 Å². The molecule has 0 unspecified atom stereocenters.